The normalized spacial score (nSPS) is 11.7. The molecule has 118 valence electrons. The molecule has 0 saturated carbocycles. The van der Waals surface area contributed by atoms with Gasteiger partial charge in [0.15, 0.2) is 5.58 Å². The van der Waals surface area contributed by atoms with Crippen molar-refractivity contribution in [3.8, 4) is 17.2 Å². The van der Waals surface area contributed by atoms with Crippen LogP contribution in [0, 0.1) is 5.82 Å². The molecule has 0 unspecified atom stereocenters. The van der Waals surface area contributed by atoms with Crippen LogP contribution in [0.5, 0.6) is 5.75 Å². The van der Waals surface area contributed by atoms with Crippen molar-refractivity contribution in [1.29, 1.82) is 0 Å². The zero-order valence-corrected chi connectivity index (χ0v) is 12.3. The summed E-state index contributed by atoms with van der Waals surface area (Å²) in [5.41, 5.74) is 1.38. The fraction of sp³-hybridized carbons (Fsp3) is 0. The highest BCUT2D eigenvalue weighted by molar-refractivity contribution is 7.85. The fourth-order valence-electron chi connectivity index (χ4n) is 2.16. The van der Waals surface area contributed by atoms with Crippen LogP contribution in [-0.2, 0) is 10.1 Å². The molecule has 3 aromatic rings. The van der Waals surface area contributed by atoms with E-state index >= 15 is 0 Å². The maximum Gasteiger partial charge on any atom is 0.297 e. The fourth-order valence-corrected chi connectivity index (χ4v) is 2.71. The molecular weight excluding hydrogens is 325 g/mol. The summed E-state index contributed by atoms with van der Waals surface area (Å²) in [6, 6.07) is 5.87. The summed E-state index contributed by atoms with van der Waals surface area (Å²) < 4.78 is 50.3. The van der Waals surface area contributed by atoms with Gasteiger partial charge in [0.1, 0.15) is 22.0 Å². The van der Waals surface area contributed by atoms with E-state index in [0.29, 0.717) is 16.7 Å². The average Bonchev–Trinajstić information content (AvgIpc) is 2.88. The molecule has 3 rings (SSSR count). The first-order valence-electron chi connectivity index (χ1n) is 6.33. The lowest BCUT2D eigenvalue weighted by Crippen LogP contribution is -2.01. The second kappa shape index (κ2) is 5.18. The van der Waals surface area contributed by atoms with Crippen molar-refractivity contribution in [3.63, 3.8) is 0 Å². The zero-order valence-electron chi connectivity index (χ0n) is 11.5. The van der Waals surface area contributed by atoms with Gasteiger partial charge in [-0.25, -0.2) is 9.37 Å². The van der Waals surface area contributed by atoms with Crippen LogP contribution in [0.15, 0.2) is 46.2 Å². The van der Waals surface area contributed by atoms with Gasteiger partial charge in [0.25, 0.3) is 10.1 Å². The molecule has 0 aliphatic carbocycles. The predicted octanol–water partition coefficient (Wildman–Crippen LogP) is 3.23. The summed E-state index contributed by atoms with van der Waals surface area (Å²) in [5.74, 6) is -1.12. The molecule has 0 amide bonds. The molecule has 6 nitrogen and oxygen atoms in total. The lowest BCUT2D eigenvalue weighted by molar-refractivity contribution is 0.473. The lowest BCUT2D eigenvalue weighted by atomic mass is 10.2. The van der Waals surface area contributed by atoms with Gasteiger partial charge in [-0.3, -0.25) is 4.55 Å². The van der Waals surface area contributed by atoms with Crippen LogP contribution in [0.25, 0.3) is 28.6 Å². The van der Waals surface area contributed by atoms with Gasteiger partial charge in [-0.05, 0) is 24.3 Å². The molecule has 1 aromatic heterocycles. The molecule has 8 heteroatoms. The average molecular weight is 335 g/mol. The van der Waals surface area contributed by atoms with E-state index in [2.05, 4.69) is 11.6 Å². The topological polar surface area (TPSA) is 101 Å². The quantitative estimate of drug-likeness (QED) is 0.713. The van der Waals surface area contributed by atoms with Crippen LogP contribution in [0.1, 0.15) is 5.56 Å². The molecule has 2 N–H and O–H groups in total. The van der Waals surface area contributed by atoms with Crippen molar-refractivity contribution < 1.29 is 26.9 Å². The number of halogens is 1. The second-order valence-electron chi connectivity index (χ2n) is 4.73. The van der Waals surface area contributed by atoms with Crippen LogP contribution in [0.4, 0.5) is 4.39 Å². The van der Waals surface area contributed by atoms with Crippen molar-refractivity contribution in [2.24, 2.45) is 0 Å². The van der Waals surface area contributed by atoms with Gasteiger partial charge < -0.3 is 9.52 Å². The number of phenols is 1. The van der Waals surface area contributed by atoms with Crippen LogP contribution in [0.3, 0.4) is 0 Å². The van der Waals surface area contributed by atoms with Gasteiger partial charge >= 0.3 is 0 Å². The molecule has 0 radical (unpaired) electrons. The number of hydrogen-bond acceptors (Lipinski definition) is 5. The van der Waals surface area contributed by atoms with Crippen molar-refractivity contribution in [2.45, 2.75) is 4.90 Å². The number of nitrogens with zero attached hydrogens (tertiary/aromatic N) is 1. The first kappa shape index (κ1) is 15.2. The number of hydrogen-bond donors (Lipinski definition) is 2. The monoisotopic (exact) mass is 335 g/mol. The number of rotatable bonds is 3. The maximum atomic E-state index is 13.8. The number of aromatic nitrogens is 1. The summed E-state index contributed by atoms with van der Waals surface area (Å²) in [6.07, 6.45) is 1.47. The molecule has 0 spiro atoms. The number of benzene rings is 2. The van der Waals surface area contributed by atoms with E-state index in [1.165, 1.54) is 24.3 Å². The summed E-state index contributed by atoms with van der Waals surface area (Å²) in [7, 11) is -4.65. The Morgan fingerprint density at radius 1 is 1.26 bits per heavy atom. The Hall–Kier alpha value is -2.71. The van der Waals surface area contributed by atoms with E-state index in [1.807, 2.05) is 0 Å². The van der Waals surface area contributed by atoms with Crippen LogP contribution in [-0.4, -0.2) is 23.1 Å². The smallest absolute Gasteiger partial charge is 0.297 e. The van der Waals surface area contributed by atoms with Gasteiger partial charge in [-0.1, -0.05) is 12.7 Å². The Morgan fingerprint density at radius 2 is 2.00 bits per heavy atom. The van der Waals surface area contributed by atoms with Crippen LogP contribution < -0.4 is 0 Å². The molecule has 0 fully saturated rings. The molecule has 0 saturated heterocycles. The van der Waals surface area contributed by atoms with E-state index in [1.54, 1.807) is 0 Å². The van der Waals surface area contributed by atoms with E-state index in [9.17, 15) is 17.9 Å². The number of phenolic OH excluding ortho intramolecular Hbond substituents is 1. The van der Waals surface area contributed by atoms with Crippen LogP contribution in [0.2, 0.25) is 0 Å². The van der Waals surface area contributed by atoms with Gasteiger partial charge in [0.05, 0.1) is 0 Å². The summed E-state index contributed by atoms with van der Waals surface area (Å²) in [4.78, 5) is 3.30. The maximum absolute atomic E-state index is 13.8. The van der Waals surface area contributed by atoms with Crippen molar-refractivity contribution in [1.82, 2.24) is 4.98 Å². The Labute approximate surface area is 130 Å². The first-order chi connectivity index (χ1) is 10.8. The molecule has 0 atom stereocenters. The lowest BCUT2D eigenvalue weighted by Gasteiger charge is -2.01. The first-order valence-corrected chi connectivity index (χ1v) is 7.77. The third-order valence-corrected chi connectivity index (χ3v) is 4.07. The second-order valence-corrected chi connectivity index (χ2v) is 6.12. The van der Waals surface area contributed by atoms with Crippen LogP contribution >= 0.6 is 0 Å². The molecule has 0 aliphatic heterocycles. The van der Waals surface area contributed by atoms with Crippen molar-refractivity contribution in [3.05, 3.63) is 48.3 Å². The summed E-state index contributed by atoms with van der Waals surface area (Å²) in [6.45, 7) is 3.60. The van der Waals surface area contributed by atoms with E-state index in [4.69, 9.17) is 8.97 Å². The van der Waals surface area contributed by atoms with Gasteiger partial charge in [0.2, 0.25) is 5.89 Å². The molecule has 23 heavy (non-hydrogen) atoms. The van der Waals surface area contributed by atoms with Gasteiger partial charge in [-0.2, -0.15) is 8.42 Å². The van der Waals surface area contributed by atoms with Crippen molar-refractivity contribution >= 4 is 27.3 Å². The van der Waals surface area contributed by atoms with Crippen molar-refractivity contribution in [2.75, 3.05) is 0 Å². The molecule has 0 aliphatic rings. The number of aromatic hydroxyl groups is 1. The van der Waals surface area contributed by atoms with E-state index < -0.39 is 20.8 Å². The van der Waals surface area contributed by atoms with E-state index in [-0.39, 0.29) is 17.2 Å². The highest BCUT2D eigenvalue weighted by atomic mass is 32.2. The highest BCUT2D eigenvalue weighted by Gasteiger charge is 2.18. The van der Waals surface area contributed by atoms with Gasteiger partial charge in [0, 0.05) is 17.2 Å². The summed E-state index contributed by atoms with van der Waals surface area (Å²) >= 11 is 0. The summed E-state index contributed by atoms with van der Waals surface area (Å²) in [5, 5.41) is 9.61. The molecule has 1 heterocycles. The third kappa shape index (κ3) is 2.69. The third-order valence-electron chi connectivity index (χ3n) is 3.18. The number of fused-ring (bicyclic) bond motifs is 1. The Morgan fingerprint density at radius 3 is 2.61 bits per heavy atom. The minimum absolute atomic E-state index is 0.0276. The van der Waals surface area contributed by atoms with Gasteiger partial charge in [-0.15, -0.1) is 0 Å². The molecular formula is C15H10FNO5S. The molecule has 2 aromatic carbocycles. The highest BCUT2D eigenvalue weighted by Crippen LogP contribution is 2.31. The number of oxazole rings is 1. The zero-order chi connectivity index (χ0) is 16.8. The Bertz CT molecular complexity index is 1040. The Kier molecular flexibility index (Phi) is 3.42. The minimum atomic E-state index is -4.65. The molecule has 0 bridgehead atoms. The predicted molar refractivity (Wildman–Crippen MR) is 81.0 cm³/mol. The largest absolute Gasteiger partial charge is 0.508 e. The van der Waals surface area contributed by atoms with E-state index in [0.717, 1.165) is 12.1 Å². The SMILES string of the molecule is C=Cc1cc(O)cc2nc(-c3ccc(S(=O)(=O)O)c(F)c3)oc12. The minimum Gasteiger partial charge on any atom is -0.508 e. The standard InChI is InChI=1S/C15H10FNO5S/c1-2-8-5-10(18)7-12-14(8)22-15(17-12)9-3-4-13(11(16)6-9)23(19,20)21/h2-7,18H,1H2,(H,19,20,21). The Balaban J connectivity index is 2.18.